The summed E-state index contributed by atoms with van der Waals surface area (Å²) in [7, 11) is 1.69. The van der Waals surface area contributed by atoms with E-state index in [2.05, 4.69) is 28.7 Å². The molecule has 0 bridgehead atoms. The number of nitrogens with zero attached hydrogens (tertiary/aromatic N) is 3. The Balaban J connectivity index is 2.79. The van der Waals surface area contributed by atoms with Crippen LogP contribution in [0.4, 0.5) is 5.95 Å². The summed E-state index contributed by atoms with van der Waals surface area (Å²) in [6.07, 6.45) is 4.34. The number of rotatable bonds is 7. The highest BCUT2D eigenvalue weighted by Gasteiger charge is 2.15. The molecular formula is C12H21N3O2. The molecule has 5 nitrogen and oxygen atoms in total. The Kier molecular flexibility index (Phi) is 5.86. The quantitative estimate of drug-likeness (QED) is 0.775. The van der Waals surface area contributed by atoms with Gasteiger partial charge in [-0.3, -0.25) is 0 Å². The summed E-state index contributed by atoms with van der Waals surface area (Å²) in [4.78, 5) is 10.7. The smallest absolute Gasteiger partial charge is 0.225 e. The Morgan fingerprint density at radius 1 is 1.41 bits per heavy atom. The molecule has 1 rings (SSSR count). The SMILES string of the molecule is CCC(C)N(CCOC)c1ncc(CO)cn1. The number of ether oxygens (including phenoxy) is 1. The summed E-state index contributed by atoms with van der Waals surface area (Å²) in [5.74, 6) is 0.689. The van der Waals surface area contributed by atoms with E-state index >= 15 is 0 Å². The Morgan fingerprint density at radius 2 is 2.06 bits per heavy atom. The van der Waals surface area contributed by atoms with Gasteiger partial charge in [0.1, 0.15) is 0 Å². The van der Waals surface area contributed by atoms with Crippen LogP contribution >= 0.6 is 0 Å². The van der Waals surface area contributed by atoms with Crippen molar-refractivity contribution >= 4 is 5.95 Å². The van der Waals surface area contributed by atoms with Crippen molar-refractivity contribution in [2.45, 2.75) is 32.9 Å². The van der Waals surface area contributed by atoms with Gasteiger partial charge in [-0.1, -0.05) is 6.92 Å². The van der Waals surface area contributed by atoms with E-state index in [1.165, 1.54) is 0 Å². The summed E-state index contributed by atoms with van der Waals surface area (Å²) in [5.41, 5.74) is 0.726. The van der Waals surface area contributed by atoms with Gasteiger partial charge < -0.3 is 14.7 Å². The highest BCUT2D eigenvalue weighted by atomic mass is 16.5. The number of methoxy groups -OCH3 is 1. The molecule has 1 heterocycles. The van der Waals surface area contributed by atoms with Crippen LogP contribution < -0.4 is 4.90 Å². The van der Waals surface area contributed by atoms with Gasteiger partial charge in [0.25, 0.3) is 0 Å². The fourth-order valence-electron chi connectivity index (χ4n) is 1.51. The predicted molar refractivity (Wildman–Crippen MR) is 66.9 cm³/mol. The minimum absolute atomic E-state index is 0.0261. The van der Waals surface area contributed by atoms with Crippen molar-refractivity contribution in [3.63, 3.8) is 0 Å². The lowest BCUT2D eigenvalue weighted by Gasteiger charge is -2.28. The van der Waals surface area contributed by atoms with Crippen LogP contribution in [0.25, 0.3) is 0 Å². The van der Waals surface area contributed by atoms with Gasteiger partial charge in [0.05, 0.1) is 13.2 Å². The van der Waals surface area contributed by atoms with Crippen LogP contribution in [-0.2, 0) is 11.3 Å². The van der Waals surface area contributed by atoms with E-state index in [4.69, 9.17) is 9.84 Å². The average molecular weight is 239 g/mol. The molecule has 1 aromatic rings. The van der Waals surface area contributed by atoms with Crippen molar-refractivity contribution in [3.8, 4) is 0 Å². The lowest BCUT2D eigenvalue weighted by molar-refractivity contribution is 0.203. The van der Waals surface area contributed by atoms with Gasteiger partial charge in [0.2, 0.25) is 5.95 Å². The van der Waals surface area contributed by atoms with Gasteiger partial charge in [-0.15, -0.1) is 0 Å². The van der Waals surface area contributed by atoms with Crippen molar-refractivity contribution in [3.05, 3.63) is 18.0 Å². The van der Waals surface area contributed by atoms with Crippen molar-refractivity contribution in [2.24, 2.45) is 0 Å². The molecule has 0 aliphatic heterocycles. The minimum Gasteiger partial charge on any atom is -0.392 e. The third kappa shape index (κ3) is 3.94. The number of anilines is 1. The summed E-state index contributed by atoms with van der Waals surface area (Å²) >= 11 is 0. The van der Waals surface area contributed by atoms with Crippen LogP contribution in [0.5, 0.6) is 0 Å². The normalized spacial score (nSPS) is 12.5. The maximum atomic E-state index is 8.95. The Labute approximate surface area is 102 Å². The molecule has 1 unspecified atom stereocenters. The number of hydrogen-bond acceptors (Lipinski definition) is 5. The molecule has 1 aromatic heterocycles. The van der Waals surface area contributed by atoms with E-state index < -0.39 is 0 Å². The van der Waals surface area contributed by atoms with E-state index in [0.29, 0.717) is 18.6 Å². The molecule has 0 aliphatic rings. The van der Waals surface area contributed by atoms with Crippen molar-refractivity contribution in [2.75, 3.05) is 25.2 Å². The second-order valence-electron chi connectivity index (χ2n) is 3.99. The van der Waals surface area contributed by atoms with E-state index in [-0.39, 0.29) is 6.61 Å². The molecule has 0 amide bonds. The molecule has 0 fully saturated rings. The minimum atomic E-state index is -0.0261. The first-order valence-electron chi connectivity index (χ1n) is 5.90. The summed E-state index contributed by atoms with van der Waals surface area (Å²) < 4.78 is 5.10. The third-order valence-corrected chi connectivity index (χ3v) is 2.79. The predicted octanol–water partition coefficient (Wildman–Crippen LogP) is 1.22. The number of aliphatic hydroxyl groups excluding tert-OH is 1. The molecule has 96 valence electrons. The first-order valence-corrected chi connectivity index (χ1v) is 5.90. The lowest BCUT2D eigenvalue weighted by atomic mass is 10.2. The molecule has 0 radical (unpaired) electrons. The van der Waals surface area contributed by atoms with Crippen molar-refractivity contribution < 1.29 is 9.84 Å². The summed E-state index contributed by atoms with van der Waals surface area (Å²) in [5, 5.41) is 8.95. The highest BCUT2D eigenvalue weighted by molar-refractivity contribution is 5.31. The van der Waals surface area contributed by atoms with Crippen LogP contribution in [0, 0.1) is 0 Å². The standard InChI is InChI=1S/C12H21N3O2/c1-4-10(2)15(5-6-17-3)12-13-7-11(9-16)8-14-12/h7-8,10,16H,4-6,9H2,1-3H3. The Hall–Kier alpha value is -1.20. The molecule has 0 saturated carbocycles. The fourth-order valence-corrected chi connectivity index (χ4v) is 1.51. The Morgan fingerprint density at radius 3 is 2.53 bits per heavy atom. The average Bonchev–Trinajstić information content (AvgIpc) is 2.39. The van der Waals surface area contributed by atoms with Gasteiger partial charge >= 0.3 is 0 Å². The number of aromatic nitrogens is 2. The first-order chi connectivity index (χ1) is 8.22. The van der Waals surface area contributed by atoms with Crippen molar-refractivity contribution in [1.82, 2.24) is 9.97 Å². The number of hydrogen-bond donors (Lipinski definition) is 1. The molecule has 0 spiro atoms. The van der Waals surface area contributed by atoms with Crippen LogP contribution in [0.2, 0.25) is 0 Å². The van der Waals surface area contributed by atoms with Gasteiger partial charge in [0, 0.05) is 37.7 Å². The van der Waals surface area contributed by atoms with Crippen LogP contribution in [0.1, 0.15) is 25.8 Å². The molecule has 1 atom stereocenters. The van der Waals surface area contributed by atoms with Gasteiger partial charge in [-0.2, -0.15) is 0 Å². The third-order valence-electron chi connectivity index (χ3n) is 2.79. The molecule has 17 heavy (non-hydrogen) atoms. The first kappa shape index (κ1) is 13.9. The van der Waals surface area contributed by atoms with Crippen LogP contribution in [0.3, 0.4) is 0 Å². The van der Waals surface area contributed by atoms with E-state index in [1.54, 1.807) is 19.5 Å². The van der Waals surface area contributed by atoms with E-state index in [9.17, 15) is 0 Å². The largest absolute Gasteiger partial charge is 0.392 e. The zero-order valence-corrected chi connectivity index (χ0v) is 10.8. The zero-order chi connectivity index (χ0) is 12.7. The summed E-state index contributed by atoms with van der Waals surface area (Å²) in [6, 6.07) is 0.366. The molecular weight excluding hydrogens is 218 g/mol. The molecule has 0 aliphatic carbocycles. The lowest BCUT2D eigenvalue weighted by Crippen LogP contribution is -2.36. The maximum Gasteiger partial charge on any atom is 0.225 e. The van der Waals surface area contributed by atoms with Crippen LogP contribution in [-0.4, -0.2) is 41.4 Å². The summed E-state index contributed by atoms with van der Waals surface area (Å²) in [6.45, 7) is 5.66. The van der Waals surface area contributed by atoms with Gasteiger partial charge in [-0.05, 0) is 13.3 Å². The van der Waals surface area contributed by atoms with E-state index in [0.717, 1.165) is 18.5 Å². The molecule has 1 N–H and O–H groups in total. The van der Waals surface area contributed by atoms with E-state index in [1.807, 2.05) is 0 Å². The highest BCUT2D eigenvalue weighted by Crippen LogP contribution is 2.13. The monoisotopic (exact) mass is 239 g/mol. The zero-order valence-electron chi connectivity index (χ0n) is 10.8. The molecule has 5 heteroatoms. The molecule has 0 saturated heterocycles. The maximum absolute atomic E-state index is 8.95. The number of aliphatic hydroxyl groups is 1. The topological polar surface area (TPSA) is 58.5 Å². The second kappa shape index (κ2) is 7.19. The van der Waals surface area contributed by atoms with Gasteiger partial charge in [-0.25, -0.2) is 9.97 Å². The van der Waals surface area contributed by atoms with Crippen molar-refractivity contribution in [1.29, 1.82) is 0 Å². The Bertz CT molecular complexity index is 316. The van der Waals surface area contributed by atoms with Gasteiger partial charge in [0.15, 0.2) is 0 Å². The van der Waals surface area contributed by atoms with Crippen LogP contribution in [0.15, 0.2) is 12.4 Å². The fraction of sp³-hybridized carbons (Fsp3) is 0.667. The molecule has 0 aromatic carbocycles. The second-order valence-corrected chi connectivity index (χ2v) is 3.99.